The Labute approximate surface area is 280 Å². The Morgan fingerprint density at radius 1 is 0.490 bits per heavy atom. The summed E-state index contributed by atoms with van der Waals surface area (Å²) in [5.41, 5.74) is 10.5. The normalized spacial score (nSPS) is 11.6. The van der Waals surface area contributed by atoms with Crippen LogP contribution >= 0.6 is 0 Å². The third-order valence-corrected chi connectivity index (χ3v) is 9.74. The predicted octanol–water partition coefficient (Wildman–Crippen LogP) is 11.2. The molecule has 0 spiro atoms. The third-order valence-electron chi connectivity index (χ3n) is 9.74. The summed E-state index contributed by atoms with van der Waals surface area (Å²) in [5.74, 6) is 0. The molecule has 10 rings (SSSR count). The van der Waals surface area contributed by atoms with E-state index in [1.807, 2.05) is 66.7 Å². The number of rotatable bonds is 3. The minimum atomic E-state index is 0.576. The summed E-state index contributed by atoms with van der Waals surface area (Å²) >= 11 is 0. The number of nitrogens with zero attached hydrogens (tertiary/aromatic N) is 4. The van der Waals surface area contributed by atoms with E-state index in [0.29, 0.717) is 11.1 Å². The van der Waals surface area contributed by atoms with Crippen molar-refractivity contribution < 1.29 is 4.42 Å². The van der Waals surface area contributed by atoms with Gasteiger partial charge in [0.05, 0.1) is 55.7 Å². The summed E-state index contributed by atoms with van der Waals surface area (Å²) in [7, 11) is 0. The van der Waals surface area contributed by atoms with E-state index in [1.165, 1.54) is 0 Å². The van der Waals surface area contributed by atoms with E-state index in [0.717, 1.165) is 88.1 Å². The zero-order chi connectivity index (χ0) is 32.6. The molecule has 0 amide bonds. The molecular formula is C44H24N4O. The molecule has 0 saturated carbocycles. The van der Waals surface area contributed by atoms with Crippen LogP contribution in [0.3, 0.4) is 0 Å². The SMILES string of the molecule is N#Cc1cccc(-n2c3ccccc3c3c4c(c5ccccc5n4-c4ccc(-c5ccccc5)cc4C#N)c4oc5ccccc5c4c32)c1. The van der Waals surface area contributed by atoms with Gasteiger partial charge in [-0.05, 0) is 59.7 Å². The van der Waals surface area contributed by atoms with Crippen LogP contribution in [-0.2, 0) is 0 Å². The monoisotopic (exact) mass is 624 g/mol. The molecule has 0 saturated heterocycles. The second-order valence-corrected chi connectivity index (χ2v) is 12.3. The molecule has 0 fully saturated rings. The van der Waals surface area contributed by atoms with Crippen LogP contribution < -0.4 is 0 Å². The molecule has 5 nitrogen and oxygen atoms in total. The third kappa shape index (κ3) is 3.73. The van der Waals surface area contributed by atoms with Gasteiger partial charge in [0.2, 0.25) is 0 Å². The molecule has 0 aliphatic heterocycles. The van der Waals surface area contributed by atoms with Crippen LogP contribution in [0.2, 0.25) is 0 Å². The van der Waals surface area contributed by atoms with Crippen molar-refractivity contribution in [2.45, 2.75) is 0 Å². The van der Waals surface area contributed by atoms with E-state index in [9.17, 15) is 10.5 Å². The summed E-state index contributed by atoms with van der Waals surface area (Å²) in [6, 6.07) is 53.9. The zero-order valence-corrected chi connectivity index (χ0v) is 26.1. The van der Waals surface area contributed by atoms with Gasteiger partial charge in [0.1, 0.15) is 17.2 Å². The van der Waals surface area contributed by atoms with Crippen molar-refractivity contribution >= 4 is 65.6 Å². The first-order chi connectivity index (χ1) is 24.2. The quantitative estimate of drug-likeness (QED) is 0.196. The first-order valence-electron chi connectivity index (χ1n) is 16.1. The van der Waals surface area contributed by atoms with Gasteiger partial charge in [-0.15, -0.1) is 0 Å². The van der Waals surface area contributed by atoms with Crippen molar-refractivity contribution in [1.29, 1.82) is 10.5 Å². The average Bonchev–Trinajstić information content (AvgIpc) is 3.83. The number of furan rings is 1. The van der Waals surface area contributed by atoms with Gasteiger partial charge in [0.15, 0.2) is 0 Å². The molecule has 3 aromatic heterocycles. The van der Waals surface area contributed by atoms with E-state index in [1.54, 1.807) is 0 Å². The van der Waals surface area contributed by atoms with E-state index in [-0.39, 0.29) is 0 Å². The lowest BCUT2D eigenvalue weighted by Gasteiger charge is -2.13. The van der Waals surface area contributed by atoms with Gasteiger partial charge in [0, 0.05) is 27.2 Å². The second-order valence-electron chi connectivity index (χ2n) is 12.3. The summed E-state index contributed by atoms with van der Waals surface area (Å²) in [4.78, 5) is 0. The Kier molecular flexibility index (Phi) is 5.64. The highest BCUT2D eigenvalue weighted by Crippen LogP contribution is 2.49. The lowest BCUT2D eigenvalue weighted by molar-refractivity contribution is 0.673. The smallest absolute Gasteiger partial charge is 0.147 e. The van der Waals surface area contributed by atoms with Crippen LogP contribution in [-0.4, -0.2) is 9.13 Å². The van der Waals surface area contributed by atoms with Crippen LogP contribution in [0.15, 0.2) is 150 Å². The number of aromatic nitrogens is 2. The van der Waals surface area contributed by atoms with Crippen molar-refractivity contribution in [1.82, 2.24) is 9.13 Å². The van der Waals surface area contributed by atoms with Crippen molar-refractivity contribution in [2.75, 3.05) is 0 Å². The average molecular weight is 625 g/mol. The molecule has 0 aliphatic rings. The van der Waals surface area contributed by atoms with Crippen LogP contribution in [0.25, 0.3) is 88.1 Å². The number of para-hydroxylation sites is 3. The largest absolute Gasteiger partial charge is 0.455 e. The maximum atomic E-state index is 10.7. The molecule has 0 N–H and O–H groups in total. The highest BCUT2D eigenvalue weighted by molar-refractivity contribution is 6.39. The van der Waals surface area contributed by atoms with Crippen LogP contribution in [0.1, 0.15) is 11.1 Å². The number of hydrogen-bond donors (Lipinski definition) is 0. The van der Waals surface area contributed by atoms with Crippen molar-refractivity contribution in [2.24, 2.45) is 0 Å². The number of nitriles is 2. The van der Waals surface area contributed by atoms with Crippen LogP contribution in [0.4, 0.5) is 0 Å². The van der Waals surface area contributed by atoms with Crippen molar-refractivity contribution in [3.05, 3.63) is 157 Å². The zero-order valence-electron chi connectivity index (χ0n) is 26.1. The van der Waals surface area contributed by atoms with E-state index in [4.69, 9.17) is 4.42 Å². The lowest BCUT2D eigenvalue weighted by atomic mass is 10.0. The Balaban J connectivity index is 1.48. The molecule has 7 aromatic carbocycles. The molecule has 0 atom stereocenters. The fraction of sp³-hybridized carbons (Fsp3) is 0. The summed E-state index contributed by atoms with van der Waals surface area (Å²) in [6.07, 6.45) is 0. The minimum absolute atomic E-state index is 0.576. The highest BCUT2D eigenvalue weighted by atomic mass is 16.3. The number of hydrogen-bond acceptors (Lipinski definition) is 3. The summed E-state index contributed by atoms with van der Waals surface area (Å²) in [5, 5.41) is 26.8. The Morgan fingerprint density at radius 2 is 1.14 bits per heavy atom. The van der Waals surface area contributed by atoms with Gasteiger partial charge in [-0.1, -0.05) is 97.1 Å². The molecule has 49 heavy (non-hydrogen) atoms. The van der Waals surface area contributed by atoms with Crippen molar-refractivity contribution in [3.8, 4) is 34.6 Å². The fourth-order valence-electron chi connectivity index (χ4n) is 7.74. The number of benzene rings is 7. The molecule has 0 bridgehead atoms. The van der Waals surface area contributed by atoms with Crippen LogP contribution in [0.5, 0.6) is 0 Å². The minimum Gasteiger partial charge on any atom is -0.455 e. The van der Waals surface area contributed by atoms with E-state index >= 15 is 0 Å². The predicted molar refractivity (Wildman–Crippen MR) is 197 cm³/mol. The van der Waals surface area contributed by atoms with Gasteiger partial charge >= 0.3 is 0 Å². The molecule has 0 aliphatic carbocycles. The van der Waals surface area contributed by atoms with E-state index < -0.39 is 0 Å². The molecule has 3 heterocycles. The molecule has 10 aromatic rings. The van der Waals surface area contributed by atoms with Crippen LogP contribution in [0, 0.1) is 22.7 Å². The molecule has 5 heteroatoms. The van der Waals surface area contributed by atoms with Gasteiger partial charge in [0.25, 0.3) is 0 Å². The van der Waals surface area contributed by atoms with Crippen molar-refractivity contribution in [3.63, 3.8) is 0 Å². The highest BCUT2D eigenvalue weighted by Gasteiger charge is 2.28. The topological polar surface area (TPSA) is 70.6 Å². The summed E-state index contributed by atoms with van der Waals surface area (Å²) < 4.78 is 11.4. The maximum absolute atomic E-state index is 10.7. The lowest BCUT2D eigenvalue weighted by Crippen LogP contribution is -1.99. The Hall–Kier alpha value is -7.08. The first kappa shape index (κ1) is 27.1. The second kappa shape index (κ2) is 10.2. The first-order valence-corrected chi connectivity index (χ1v) is 16.1. The fourth-order valence-corrected chi connectivity index (χ4v) is 7.74. The van der Waals surface area contributed by atoms with Gasteiger partial charge in [-0.3, -0.25) is 0 Å². The maximum Gasteiger partial charge on any atom is 0.147 e. The molecular weight excluding hydrogens is 601 g/mol. The van der Waals surface area contributed by atoms with E-state index in [2.05, 4.69) is 100 Å². The summed E-state index contributed by atoms with van der Waals surface area (Å²) in [6.45, 7) is 0. The molecule has 0 radical (unpaired) electrons. The van der Waals surface area contributed by atoms with Gasteiger partial charge in [-0.25, -0.2) is 0 Å². The molecule has 226 valence electrons. The Morgan fingerprint density at radius 3 is 1.92 bits per heavy atom. The molecule has 0 unspecified atom stereocenters. The standard InChI is InChI=1S/C44H24N4O/c45-25-27-11-10-14-31(23-27)47-36-18-7-4-15-32(36)39-42(47)41-34-17-6-9-20-38(34)49-44(41)40-33-16-5-8-19-37(33)48(43(39)40)35-22-21-29(24-30(35)26-46)28-12-2-1-3-13-28/h1-24H. The Bertz CT molecular complexity index is 3070. The number of fused-ring (bicyclic) bond motifs is 12. The van der Waals surface area contributed by atoms with Gasteiger partial charge < -0.3 is 13.6 Å². The van der Waals surface area contributed by atoms with Gasteiger partial charge in [-0.2, -0.15) is 10.5 Å².